The van der Waals surface area contributed by atoms with Gasteiger partial charge in [-0.1, -0.05) is 12.1 Å². The number of ether oxygens (including phenoxy) is 3. The van der Waals surface area contributed by atoms with Crippen LogP contribution in [0.2, 0.25) is 0 Å². The predicted octanol–water partition coefficient (Wildman–Crippen LogP) is 2.46. The van der Waals surface area contributed by atoms with Crippen molar-refractivity contribution in [2.45, 2.75) is 12.2 Å². The summed E-state index contributed by atoms with van der Waals surface area (Å²) in [6.45, 7) is 2.29. The van der Waals surface area contributed by atoms with E-state index in [-0.39, 0.29) is 22.6 Å². The zero-order valence-electron chi connectivity index (χ0n) is 21.2. The minimum absolute atomic E-state index is 0.0531. The van der Waals surface area contributed by atoms with Crippen LogP contribution in [0.15, 0.2) is 61.3 Å². The van der Waals surface area contributed by atoms with Gasteiger partial charge in [-0.2, -0.15) is 0 Å². The van der Waals surface area contributed by atoms with Crippen LogP contribution in [0.1, 0.15) is 23.4 Å². The number of primary sulfonamides is 1. The molecule has 0 saturated carbocycles. The van der Waals surface area contributed by atoms with Crippen molar-refractivity contribution >= 4 is 21.3 Å². The fourth-order valence-corrected chi connectivity index (χ4v) is 5.12. The van der Waals surface area contributed by atoms with Crippen LogP contribution in [0.4, 0.5) is 0 Å². The second-order valence-corrected chi connectivity index (χ2v) is 9.81. The third-order valence-electron chi connectivity index (χ3n) is 5.74. The van der Waals surface area contributed by atoms with E-state index in [0.29, 0.717) is 41.2 Å². The molecule has 200 valence electrons. The Morgan fingerprint density at radius 3 is 2.28 bits per heavy atom. The summed E-state index contributed by atoms with van der Waals surface area (Å²) in [7, 11) is -1.15. The quantitative estimate of drug-likeness (QED) is 0.287. The molecule has 1 unspecified atom stereocenters. The standard InChI is InChI=1S/C25H24N8O5S/c1-4-38-20-10-5-7-16(30-20)24-32-23-25(33(24)21-18(36-2)8-6-9-19(21)37-3)31-17(13-29-23)22(39(26,34)35)15-11-27-14-28-12-15/h5-14,22H,4H2,1-3H3,(H2,26,34,35). The van der Waals surface area contributed by atoms with E-state index in [2.05, 4.69) is 19.9 Å². The van der Waals surface area contributed by atoms with Gasteiger partial charge >= 0.3 is 0 Å². The number of fused-ring (bicyclic) bond motifs is 1. The molecule has 14 heteroatoms. The normalized spacial score (nSPS) is 12.3. The van der Waals surface area contributed by atoms with Crippen molar-refractivity contribution in [1.82, 2.24) is 34.5 Å². The summed E-state index contributed by atoms with van der Waals surface area (Å²) in [6.07, 6.45) is 5.33. The monoisotopic (exact) mass is 548 g/mol. The smallest absolute Gasteiger partial charge is 0.222 e. The van der Waals surface area contributed by atoms with Gasteiger partial charge in [0.15, 0.2) is 17.1 Å². The SMILES string of the molecule is CCOc1cccc(-c2nc3ncc(C(c4cncnc4)S(N)(=O)=O)nc3n2-c2c(OC)cccc2OC)n1. The Labute approximate surface area is 223 Å². The number of aromatic nitrogens is 7. The van der Waals surface area contributed by atoms with Crippen LogP contribution < -0.4 is 19.3 Å². The summed E-state index contributed by atoms with van der Waals surface area (Å²) in [6, 6.07) is 10.6. The fourth-order valence-electron chi connectivity index (χ4n) is 4.17. The van der Waals surface area contributed by atoms with Crippen molar-refractivity contribution < 1.29 is 22.6 Å². The molecule has 5 rings (SSSR count). The number of imidazole rings is 1. The molecule has 0 spiro atoms. The Morgan fingerprint density at radius 2 is 1.64 bits per heavy atom. The fraction of sp³-hybridized carbons (Fsp3) is 0.200. The first kappa shape index (κ1) is 25.9. The Kier molecular flexibility index (Phi) is 7.04. The number of benzene rings is 1. The van der Waals surface area contributed by atoms with E-state index in [0.717, 1.165) is 0 Å². The lowest BCUT2D eigenvalue weighted by Gasteiger charge is -2.17. The zero-order chi connectivity index (χ0) is 27.6. The summed E-state index contributed by atoms with van der Waals surface area (Å²) >= 11 is 0. The molecule has 0 fully saturated rings. The van der Waals surface area contributed by atoms with E-state index in [1.807, 2.05) is 6.92 Å². The zero-order valence-corrected chi connectivity index (χ0v) is 22.0. The molecule has 4 aromatic heterocycles. The van der Waals surface area contributed by atoms with Gasteiger partial charge in [-0.15, -0.1) is 0 Å². The maximum Gasteiger partial charge on any atom is 0.222 e. The van der Waals surface area contributed by atoms with Crippen LogP contribution in [-0.4, -0.2) is 63.7 Å². The molecule has 0 aliphatic carbocycles. The van der Waals surface area contributed by atoms with E-state index in [4.69, 9.17) is 29.3 Å². The lowest BCUT2D eigenvalue weighted by Crippen LogP contribution is -2.24. The van der Waals surface area contributed by atoms with Crippen LogP contribution >= 0.6 is 0 Å². The van der Waals surface area contributed by atoms with E-state index >= 15 is 0 Å². The van der Waals surface area contributed by atoms with E-state index in [9.17, 15) is 8.42 Å². The van der Waals surface area contributed by atoms with Gasteiger partial charge in [0.2, 0.25) is 15.9 Å². The van der Waals surface area contributed by atoms with E-state index in [1.54, 1.807) is 41.0 Å². The lowest BCUT2D eigenvalue weighted by atomic mass is 10.2. The summed E-state index contributed by atoms with van der Waals surface area (Å²) in [5, 5.41) is 4.26. The molecule has 5 aromatic rings. The first-order valence-corrected chi connectivity index (χ1v) is 13.3. The average molecular weight is 549 g/mol. The van der Waals surface area contributed by atoms with Crippen LogP contribution in [0.5, 0.6) is 17.4 Å². The number of rotatable bonds is 9. The number of hydrogen-bond donors (Lipinski definition) is 1. The number of methoxy groups -OCH3 is 2. The van der Waals surface area contributed by atoms with Crippen molar-refractivity contribution in [3.8, 4) is 34.6 Å². The highest BCUT2D eigenvalue weighted by molar-refractivity contribution is 7.89. The Balaban J connectivity index is 1.85. The third kappa shape index (κ3) is 4.94. The van der Waals surface area contributed by atoms with Gasteiger partial charge in [0, 0.05) is 24.0 Å². The Hall–Kier alpha value is -4.69. The second kappa shape index (κ2) is 10.6. The molecular formula is C25H24N8O5S. The number of sulfonamides is 1. The molecule has 0 amide bonds. The molecule has 1 aromatic carbocycles. The molecule has 0 saturated heterocycles. The summed E-state index contributed by atoms with van der Waals surface area (Å²) in [4.78, 5) is 26.3. The number of para-hydroxylation sites is 1. The van der Waals surface area contributed by atoms with Gasteiger partial charge in [0.25, 0.3) is 0 Å². The van der Waals surface area contributed by atoms with Crippen LogP contribution in [0.3, 0.4) is 0 Å². The predicted molar refractivity (Wildman–Crippen MR) is 141 cm³/mol. The maximum atomic E-state index is 12.7. The maximum absolute atomic E-state index is 12.7. The highest BCUT2D eigenvalue weighted by atomic mass is 32.2. The number of pyridine rings is 1. The van der Waals surface area contributed by atoms with E-state index in [1.165, 1.54) is 39.1 Å². The molecule has 0 radical (unpaired) electrons. The van der Waals surface area contributed by atoms with Gasteiger partial charge in [-0.05, 0) is 25.1 Å². The van der Waals surface area contributed by atoms with Crippen LogP contribution in [0.25, 0.3) is 28.5 Å². The number of hydrogen-bond acceptors (Lipinski definition) is 11. The molecule has 39 heavy (non-hydrogen) atoms. The third-order valence-corrected chi connectivity index (χ3v) is 6.91. The van der Waals surface area contributed by atoms with Crippen molar-refractivity contribution in [3.63, 3.8) is 0 Å². The van der Waals surface area contributed by atoms with E-state index < -0.39 is 15.3 Å². The molecule has 0 aliphatic heterocycles. The molecule has 2 N–H and O–H groups in total. The van der Waals surface area contributed by atoms with Gasteiger partial charge in [0.1, 0.15) is 34.5 Å². The Morgan fingerprint density at radius 1 is 0.949 bits per heavy atom. The first-order valence-electron chi connectivity index (χ1n) is 11.7. The van der Waals surface area contributed by atoms with Crippen molar-refractivity contribution in [2.24, 2.45) is 5.14 Å². The molecular weight excluding hydrogens is 524 g/mol. The van der Waals surface area contributed by atoms with Crippen LogP contribution in [0, 0.1) is 0 Å². The van der Waals surface area contributed by atoms with Gasteiger partial charge in [-0.25, -0.2) is 43.5 Å². The number of nitrogens with two attached hydrogens (primary N) is 1. The lowest BCUT2D eigenvalue weighted by molar-refractivity contribution is 0.327. The molecule has 1 atom stereocenters. The van der Waals surface area contributed by atoms with Gasteiger partial charge < -0.3 is 14.2 Å². The number of nitrogens with zero attached hydrogens (tertiary/aromatic N) is 7. The largest absolute Gasteiger partial charge is 0.494 e. The average Bonchev–Trinajstić information content (AvgIpc) is 3.31. The Bertz CT molecular complexity index is 1720. The highest BCUT2D eigenvalue weighted by Crippen LogP contribution is 2.38. The van der Waals surface area contributed by atoms with Crippen molar-refractivity contribution in [3.05, 3.63) is 72.6 Å². The van der Waals surface area contributed by atoms with Crippen molar-refractivity contribution in [1.29, 1.82) is 0 Å². The highest BCUT2D eigenvalue weighted by Gasteiger charge is 2.30. The summed E-state index contributed by atoms with van der Waals surface area (Å²) < 4.78 is 44.0. The topological polar surface area (TPSA) is 170 Å². The van der Waals surface area contributed by atoms with Crippen molar-refractivity contribution in [2.75, 3.05) is 20.8 Å². The molecule has 0 aliphatic rings. The summed E-state index contributed by atoms with van der Waals surface area (Å²) in [5.74, 6) is 1.65. The van der Waals surface area contributed by atoms with Gasteiger partial charge in [0.05, 0.1) is 32.7 Å². The van der Waals surface area contributed by atoms with Gasteiger partial charge in [-0.3, -0.25) is 4.57 Å². The first-order chi connectivity index (χ1) is 18.9. The van der Waals surface area contributed by atoms with Crippen LogP contribution in [-0.2, 0) is 10.0 Å². The minimum Gasteiger partial charge on any atom is -0.494 e. The molecule has 4 heterocycles. The molecule has 13 nitrogen and oxygen atoms in total. The summed E-state index contributed by atoms with van der Waals surface area (Å²) in [5.41, 5.74) is 1.65. The second-order valence-electron chi connectivity index (χ2n) is 8.16. The minimum atomic E-state index is -4.19. The molecule has 0 bridgehead atoms.